The smallest absolute Gasteiger partial charge is 0.121 e. The number of aryl methyl sites for hydroxylation is 1. The van der Waals surface area contributed by atoms with Gasteiger partial charge < -0.3 is 10.1 Å². The fourth-order valence-corrected chi connectivity index (χ4v) is 3.00. The third-order valence-corrected chi connectivity index (χ3v) is 4.02. The summed E-state index contributed by atoms with van der Waals surface area (Å²) in [5.74, 6) is 0.950. The molecule has 1 aliphatic rings. The molecule has 1 aliphatic carbocycles. The lowest BCUT2D eigenvalue weighted by Crippen LogP contribution is -2.17. The van der Waals surface area contributed by atoms with Crippen molar-refractivity contribution in [3.05, 3.63) is 59.7 Å². The van der Waals surface area contributed by atoms with Gasteiger partial charge in [-0.05, 0) is 48.9 Å². The molecule has 0 saturated heterocycles. The van der Waals surface area contributed by atoms with E-state index in [2.05, 4.69) is 54.7 Å². The van der Waals surface area contributed by atoms with E-state index >= 15 is 0 Å². The van der Waals surface area contributed by atoms with Crippen molar-refractivity contribution in [1.82, 2.24) is 0 Å². The second-order valence-electron chi connectivity index (χ2n) is 5.66. The summed E-state index contributed by atoms with van der Waals surface area (Å²) >= 11 is 0. The van der Waals surface area contributed by atoms with Gasteiger partial charge in [0.15, 0.2) is 0 Å². The standard InChI is InChI=1S/C19H23NO/c1-2-13-21-17-10-6-9-16(14-17)20-19-12-5-8-15-7-3-4-11-18(15)19/h3-4,6-7,9-11,14,19-20H,2,5,8,12-13H2,1H3. The van der Waals surface area contributed by atoms with Crippen molar-refractivity contribution < 1.29 is 4.74 Å². The molecule has 2 aromatic carbocycles. The SMILES string of the molecule is CCCOc1cccc(NC2CCCc3ccccc32)c1. The topological polar surface area (TPSA) is 21.3 Å². The zero-order valence-electron chi connectivity index (χ0n) is 12.6. The van der Waals surface area contributed by atoms with Gasteiger partial charge in [-0.15, -0.1) is 0 Å². The molecule has 2 nitrogen and oxygen atoms in total. The first-order valence-corrected chi connectivity index (χ1v) is 7.94. The van der Waals surface area contributed by atoms with E-state index in [0.717, 1.165) is 24.5 Å². The maximum atomic E-state index is 5.71. The number of ether oxygens (including phenoxy) is 1. The van der Waals surface area contributed by atoms with Crippen molar-refractivity contribution in [1.29, 1.82) is 0 Å². The molecule has 0 amide bonds. The van der Waals surface area contributed by atoms with E-state index in [1.54, 1.807) is 0 Å². The number of nitrogens with one attached hydrogen (secondary N) is 1. The third-order valence-electron chi connectivity index (χ3n) is 4.02. The summed E-state index contributed by atoms with van der Waals surface area (Å²) in [7, 11) is 0. The highest BCUT2D eigenvalue weighted by Gasteiger charge is 2.19. The van der Waals surface area contributed by atoms with Crippen LogP contribution in [0.15, 0.2) is 48.5 Å². The van der Waals surface area contributed by atoms with Crippen LogP contribution in [0.4, 0.5) is 5.69 Å². The Bertz CT molecular complexity index is 594. The van der Waals surface area contributed by atoms with E-state index in [0.29, 0.717) is 6.04 Å². The van der Waals surface area contributed by atoms with Crippen molar-refractivity contribution in [2.45, 2.75) is 38.6 Å². The molecule has 21 heavy (non-hydrogen) atoms. The van der Waals surface area contributed by atoms with Gasteiger partial charge in [0.25, 0.3) is 0 Å². The van der Waals surface area contributed by atoms with E-state index in [-0.39, 0.29) is 0 Å². The predicted octanol–water partition coefficient (Wildman–Crippen LogP) is 4.96. The van der Waals surface area contributed by atoms with Crippen LogP contribution in [-0.4, -0.2) is 6.61 Å². The first-order valence-electron chi connectivity index (χ1n) is 7.94. The summed E-state index contributed by atoms with van der Waals surface area (Å²) in [5, 5.41) is 3.67. The van der Waals surface area contributed by atoms with Gasteiger partial charge in [0.1, 0.15) is 5.75 Å². The highest BCUT2D eigenvalue weighted by atomic mass is 16.5. The van der Waals surface area contributed by atoms with Gasteiger partial charge in [0.05, 0.1) is 12.6 Å². The Kier molecular flexibility index (Phi) is 4.44. The fourth-order valence-electron chi connectivity index (χ4n) is 3.00. The van der Waals surface area contributed by atoms with Crippen molar-refractivity contribution in [2.75, 3.05) is 11.9 Å². The van der Waals surface area contributed by atoms with Crippen molar-refractivity contribution in [3.63, 3.8) is 0 Å². The van der Waals surface area contributed by atoms with Gasteiger partial charge in [-0.3, -0.25) is 0 Å². The minimum absolute atomic E-state index is 0.413. The van der Waals surface area contributed by atoms with Crippen LogP contribution in [-0.2, 0) is 6.42 Å². The summed E-state index contributed by atoms with van der Waals surface area (Å²) in [4.78, 5) is 0. The Labute approximate surface area is 127 Å². The van der Waals surface area contributed by atoms with Crippen LogP contribution >= 0.6 is 0 Å². The van der Waals surface area contributed by atoms with Crippen molar-refractivity contribution in [2.24, 2.45) is 0 Å². The molecule has 110 valence electrons. The lowest BCUT2D eigenvalue weighted by molar-refractivity contribution is 0.317. The minimum atomic E-state index is 0.413. The lowest BCUT2D eigenvalue weighted by atomic mass is 9.87. The maximum Gasteiger partial charge on any atom is 0.121 e. The number of benzene rings is 2. The molecular formula is C19H23NO. The van der Waals surface area contributed by atoms with E-state index in [4.69, 9.17) is 4.74 Å². The van der Waals surface area contributed by atoms with E-state index in [9.17, 15) is 0 Å². The lowest BCUT2D eigenvalue weighted by Gasteiger charge is -2.27. The molecule has 2 aromatic rings. The zero-order valence-corrected chi connectivity index (χ0v) is 12.6. The molecule has 3 rings (SSSR count). The summed E-state index contributed by atoms with van der Waals surface area (Å²) in [5.41, 5.74) is 4.08. The van der Waals surface area contributed by atoms with Crippen LogP contribution in [0, 0.1) is 0 Å². The molecule has 0 spiro atoms. The first-order chi connectivity index (χ1) is 10.4. The van der Waals surface area contributed by atoms with Crippen LogP contribution in [0.1, 0.15) is 43.4 Å². The highest BCUT2D eigenvalue weighted by Crippen LogP contribution is 2.33. The average molecular weight is 281 g/mol. The Morgan fingerprint density at radius 3 is 2.95 bits per heavy atom. The quantitative estimate of drug-likeness (QED) is 0.836. The summed E-state index contributed by atoms with van der Waals surface area (Å²) in [6, 6.07) is 17.5. The molecule has 0 bridgehead atoms. The number of fused-ring (bicyclic) bond motifs is 1. The number of hydrogen-bond acceptors (Lipinski definition) is 2. The average Bonchev–Trinajstić information content (AvgIpc) is 2.54. The normalized spacial score (nSPS) is 17.1. The Morgan fingerprint density at radius 2 is 2.05 bits per heavy atom. The number of hydrogen-bond donors (Lipinski definition) is 1. The van der Waals surface area contributed by atoms with Crippen LogP contribution in [0.2, 0.25) is 0 Å². The molecule has 0 heterocycles. The predicted molar refractivity (Wildman–Crippen MR) is 88.0 cm³/mol. The van der Waals surface area contributed by atoms with Crippen LogP contribution < -0.4 is 10.1 Å². The van der Waals surface area contributed by atoms with Crippen LogP contribution in [0.3, 0.4) is 0 Å². The van der Waals surface area contributed by atoms with E-state index in [1.807, 2.05) is 6.07 Å². The van der Waals surface area contributed by atoms with Gasteiger partial charge in [-0.2, -0.15) is 0 Å². The number of anilines is 1. The summed E-state index contributed by atoms with van der Waals surface area (Å²) in [6.07, 6.45) is 4.68. The fraction of sp³-hybridized carbons (Fsp3) is 0.368. The molecule has 1 N–H and O–H groups in total. The second-order valence-corrected chi connectivity index (χ2v) is 5.66. The maximum absolute atomic E-state index is 5.71. The molecule has 0 fully saturated rings. The van der Waals surface area contributed by atoms with Crippen molar-refractivity contribution in [3.8, 4) is 5.75 Å². The van der Waals surface area contributed by atoms with Gasteiger partial charge in [0.2, 0.25) is 0 Å². The third kappa shape index (κ3) is 3.38. The minimum Gasteiger partial charge on any atom is -0.494 e. The van der Waals surface area contributed by atoms with E-state index < -0.39 is 0 Å². The van der Waals surface area contributed by atoms with Gasteiger partial charge in [-0.1, -0.05) is 37.3 Å². The van der Waals surface area contributed by atoms with Gasteiger partial charge >= 0.3 is 0 Å². The largest absolute Gasteiger partial charge is 0.494 e. The van der Waals surface area contributed by atoms with E-state index in [1.165, 1.54) is 30.4 Å². The first kappa shape index (κ1) is 14.0. The number of rotatable bonds is 5. The molecule has 2 heteroatoms. The molecule has 0 saturated carbocycles. The van der Waals surface area contributed by atoms with Crippen LogP contribution in [0.5, 0.6) is 5.75 Å². The second kappa shape index (κ2) is 6.66. The highest BCUT2D eigenvalue weighted by molar-refractivity contribution is 5.51. The molecular weight excluding hydrogens is 258 g/mol. The van der Waals surface area contributed by atoms with Crippen molar-refractivity contribution >= 4 is 5.69 Å². The van der Waals surface area contributed by atoms with Crippen LogP contribution in [0.25, 0.3) is 0 Å². The molecule has 1 atom stereocenters. The molecule has 0 aromatic heterocycles. The Balaban J connectivity index is 1.75. The Hall–Kier alpha value is -1.96. The zero-order chi connectivity index (χ0) is 14.5. The van der Waals surface area contributed by atoms with Gasteiger partial charge in [0, 0.05) is 11.8 Å². The summed E-state index contributed by atoms with van der Waals surface area (Å²) in [6.45, 7) is 2.90. The Morgan fingerprint density at radius 1 is 1.14 bits per heavy atom. The molecule has 0 radical (unpaired) electrons. The monoisotopic (exact) mass is 281 g/mol. The molecule has 1 unspecified atom stereocenters. The van der Waals surface area contributed by atoms with Gasteiger partial charge in [-0.25, -0.2) is 0 Å². The molecule has 0 aliphatic heterocycles. The summed E-state index contributed by atoms with van der Waals surface area (Å²) < 4.78 is 5.71.